The van der Waals surface area contributed by atoms with E-state index in [4.69, 9.17) is 10.5 Å². The van der Waals surface area contributed by atoms with Gasteiger partial charge in [0, 0.05) is 18.8 Å². The summed E-state index contributed by atoms with van der Waals surface area (Å²) in [7, 11) is 0. The second kappa shape index (κ2) is 15.8. The lowest BCUT2D eigenvalue weighted by atomic mass is 9.65. The smallest absolute Gasteiger partial charge is 0.311 e. The highest BCUT2D eigenvalue weighted by molar-refractivity contribution is 5.84. The number of fused-ring (bicyclic) bond motifs is 1. The Bertz CT molecular complexity index is 911. The molecule has 2 rings (SSSR count). The molecule has 0 saturated carbocycles. The molecular formula is C32H53NO7. The summed E-state index contributed by atoms with van der Waals surface area (Å²) in [5, 5.41) is 30.6. The Morgan fingerprint density at radius 1 is 1.10 bits per heavy atom. The van der Waals surface area contributed by atoms with E-state index >= 15 is 0 Å². The summed E-state index contributed by atoms with van der Waals surface area (Å²) in [6.45, 7) is 10.6. The summed E-state index contributed by atoms with van der Waals surface area (Å²) < 4.78 is 6.16. The maximum atomic E-state index is 13.0. The molecule has 0 aromatic heterocycles. The molecule has 1 unspecified atom stereocenters. The molecule has 2 aliphatic carbocycles. The standard InChI is InChI=1S/C32H53NO7/c1-6-32(4,5)31(39)40-28-16-20(2)15-22-11-10-21(3)27(29(22)28)13-12-24(34)18-26(36)19-25(35)17-23(30(37)38)9-7-8-14-33/h10-11,15,20-21,23-24,26-29,34,36H,6-9,12-14,16-19,33H2,1-5H3,(H,37,38)/t20-,21-,23?,24+,26+,27-,28-,29-/m0/s1. The molecule has 0 aromatic rings. The van der Waals surface area contributed by atoms with Gasteiger partial charge in [-0.05, 0) is 88.7 Å². The molecule has 5 N–H and O–H groups in total. The number of allylic oxidation sites excluding steroid dienone is 3. The van der Waals surface area contributed by atoms with Crippen LogP contribution in [-0.4, -0.2) is 57.9 Å². The summed E-state index contributed by atoms with van der Waals surface area (Å²) in [6.07, 6.45) is 8.66. The summed E-state index contributed by atoms with van der Waals surface area (Å²) in [6, 6.07) is 0. The first-order chi connectivity index (χ1) is 18.8. The third-order valence-corrected chi connectivity index (χ3v) is 8.96. The van der Waals surface area contributed by atoms with Crippen molar-refractivity contribution in [1.29, 1.82) is 0 Å². The summed E-state index contributed by atoms with van der Waals surface area (Å²) in [4.78, 5) is 36.9. The number of nitrogens with two attached hydrogens (primary N) is 1. The first kappa shape index (κ1) is 34.2. The number of carbonyl (C=O) groups excluding carboxylic acids is 2. The lowest BCUT2D eigenvalue weighted by Gasteiger charge is -2.44. The molecule has 0 aliphatic heterocycles. The van der Waals surface area contributed by atoms with E-state index < -0.39 is 29.5 Å². The molecule has 0 bridgehead atoms. The van der Waals surface area contributed by atoms with Crippen LogP contribution in [0.3, 0.4) is 0 Å². The van der Waals surface area contributed by atoms with Crippen LogP contribution in [-0.2, 0) is 19.1 Å². The molecule has 8 nitrogen and oxygen atoms in total. The van der Waals surface area contributed by atoms with E-state index in [2.05, 4.69) is 32.1 Å². The van der Waals surface area contributed by atoms with Gasteiger partial charge >= 0.3 is 11.9 Å². The number of aliphatic hydroxyl groups is 2. The van der Waals surface area contributed by atoms with Crippen LogP contribution in [0.2, 0.25) is 0 Å². The molecule has 0 spiro atoms. The van der Waals surface area contributed by atoms with Crippen LogP contribution in [0.25, 0.3) is 0 Å². The fourth-order valence-corrected chi connectivity index (χ4v) is 6.03. The predicted octanol–water partition coefficient (Wildman–Crippen LogP) is 4.81. The zero-order chi connectivity index (χ0) is 30.0. The SMILES string of the molecule is CCC(C)(C)C(=O)O[C@H]1C[C@@H](C)C=C2C=C[C@H](C)[C@H](CC[C@@H](O)C[C@@H](O)CC(=O)CC(CCCCN)C(=O)O)[C@H]21. The van der Waals surface area contributed by atoms with Gasteiger partial charge < -0.3 is 25.8 Å². The number of hydrogen-bond donors (Lipinski definition) is 4. The molecule has 0 aromatic carbocycles. The van der Waals surface area contributed by atoms with Gasteiger partial charge in [-0.3, -0.25) is 14.4 Å². The molecule has 0 saturated heterocycles. The average Bonchev–Trinajstić information content (AvgIpc) is 2.87. The van der Waals surface area contributed by atoms with Crippen molar-refractivity contribution in [3.05, 3.63) is 23.8 Å². The Balaban J connectivity index is 1.97. The number of aliphatic hydroxyl groups excluding tert-OH is 2. The highest BCUT2D eigenvalue weighted by atomic mass is 16.5. The van der Waals surface area contributed by atoms with E-state index in [0.717, 1.165) is 6.42 Å². The highest BCUT2D eigenvalue weighted by Crippen LogP contribution is 2.45. The van der Waals surface area contributed by atoms with Crippen molar-refractivity contribution in [3.63, 3.8) is 0 Å². The van der Waals surface area contributed by atoms with Gasteiger partial charge in [0.05, 0.1) is 23.5 Å². The van der Waals surface area contributed by atoms with Gasteiger partial charge in [-0.1, -0.05) is 45.4 Å². The van der Waals surface area contributed by atoms with Crippen LogP contribution in [0.1, 0.15) is 98.8 Å². The molecule has 0 radical (unpaired) electrons. The fraction of sp³-hybridized carbons (Fsp3) is 0.781. The summed E-state index contributed by atoms with van der Waals surface area (Å²) in [5.41, 5.74) is 6.11. The van der Waals surface area contributed by atoms with Crippen molar-refractivity contribution in [2.24, 2.45) is 40.7 Å². The number of carboxylic acids is 1. The van der Waals surface area contributed by atoms with Gasteiger partial charge in [-0.15, -0.1) is 0 Å². The average molecular weight is 564 g/mol. The molecular weight excluding hydrogens is 510 g/mol. The number of esters is 1. The normalized spacial score (nSPS) is 26.8. The van der Waals surface area contributed by atoms with Crippen LogP contribution in [0, 0.1) is 35.0 Å². The largest absolute Gasteiger partial charge is 0.481 e. The van der Waals surface area contributed by atoms with Crippen molar-refractivity contribution >= 4 is 17.7 Å². The number of Topliss-reactive ketones (excluding diaryl/α,β-unsaturated/α-hetero) is 1. The van der Waals surface area contributed by atoms with Crippen LogP contribution >= 0.6 is 0 Å². The molecule has 2 aliphatic rings. The van der Waals surface area contributed by atoms with Crippen molar-refractivity contribution in [3.8, 4) is 0 Å². The van der Waals surface area contributed by atoms with Crippen molar-refractivity contribution in [2.75, 3.05) is 6.54 Å². The summed E-state index contributed by atoms with van der Waals surface area (Å²) >= 11 is 0. The summed E-state index contributed by atoms with van der Waals surface area (Å²) in [5.74, 6) is -1.51. The van der Waals surface area contributed by atoms with Crippen molar-refractivity contribution in [1.82, 2.24) is 0 Å². The van der Waals surface area contributed by atoms with Gasteiger partial charge in [0.15, 0.2) is 0 Å². The predicted molar refractivity (Wildman–Crippen MR) is 155 cm³/mol. The maximum absolute atomic E-state index is 13.0. The Labute approximate surface area is 240 Å². The van der Waals surface area contributed by atoms with Crippen molar-refractivity contribution in [2.45, 2.75) is 117 Å². The molecule has 228 valence electrons. The first-order valence-electron chi connectivity index (χ1n) is 15.2. The molecule has 8 atom stereocenters. The number of unbranched alkanes of at least 4 members (excludes halogenated alkanes) is 1. The zero-order valence-corrected chi connectivity index (χ0v) is 25.2. The quantitative estimate of drug-likeness (QED) is 0.146. The minimum absolute atomic E-state index is 0.0544. The Kier molecular flexibility index (Phi) is 13.5. The number of ether oxygens (including phenoxy) is 1. The fourth-order valence-electron chi connectivity index (χ4n) is 6.03. The number of ketones is 1. The minimum atomic E-state index is -1.03. The number of carboxylic acid groups (broad SMARTS) is 1. The Morgan fingerprint density at radius 2 is 1.80 bits per heavy atom. The van der Waals surface area contributed by atoms with Crippen LogP contribution in [0.15, 0.2) is 23.8 Å². The third kappa shape index (κ3) is 10.1. The number of carbonyl (C=O) groups is 3. The highest BCUT2D eigenvalue weighted by Gasteiger charge is 2.43. The topological polar surface area (TPSA) is 147 Å². The zero-order valence-electron chi connectivity index (χ0n) is 25.2. The minimum Gasteiger partial charge on any atom is -0.481 e. The number of rotatable bonds is 17. The molecule has 40 heavy (non-hydrogen) atoms. The lowest BCUT2D eigenvalue weighted by Crippen LogP contribution is -2.43. The van der Waals surface area contributed by atoms with E-state index in [1.807, 2.05) is 20.8 Å². The Hall–Kier alpha value is -2.03. The number of hydrogen-bond acceptors (Lipinski definition) is 7. The second-order valence-corrected chi connectivity index (χ2v) is 12.9. The van der Waals surface area contributed by atoms with Gasteiger partial charge in [0.2, 0.25) is 0 Å². The maximum Gasteiger partial charge on any atom is 0.311 e. The molecule has 0 fully saturated rings. The van der Waals surface area contributed by atoms with Gasteiger partial charge in [0.1, 0.15) is 11.9 Å². The van der Waals surface area contributed by atoms with E-state index in [0.29, 0.717) is 51.0 Å². The van der Waals surface area contributed by atoms with Gasteiger partial charge in [-0.25, -0.2) is 0 Å². The van der Waals surface area contributed by atoms with Gasteiger partial charge in [-0.2, -0.15) is 0 Å². The monoisotopic (exact) mass is 563 g/mol. The van der Waals surface area contributed by atoms with Crippen LogP contribution < -0.4 is 5.73 Å². The molecule has 0 amide bonds. The van der Waals surface area contributed by atoms with Crippen LogP contribution in [0.4, 0.5) is 0 Å². The molecule has 8 heteroatoms. The first-order valence-corrected chi connectivity index (χ1v) is 15.2. The van der Waals surface area contributed by atoms with Crippen molar-refractivity contribution < 1.29 is 34.4 Å². The van der Waals surface area contributed by atoms with Crippen LogP contribution in [0.5, 0.6) is 0 Å². The van der Waals surface area contributed by atoms with E-state index in [9.17, 15) is 29.7 Å². The van der Waals surface area contributed by atoms with E-state index in [1.54, 1.807) is 0 Å². The van der Waals surface area contributed by atoms with E-state index in [1.165, 1.54) is 5.57 Å². The Morgan fingerprint density at radius 3 is 2.42 bits per heavy atom. The second-order valence-electron chi connectivity index (χ2n) is 12.9. The molecule has 0 heterocycles. The van der Waals surface area contributed by atoms with Gasteiger partial charge in [0.25, 0.3) is 0 Å². The van der Waals surface area contributed by atoms with E-state index in [-0.39, 0.29) is 54.9 Å². The third-order valence-electron chi connectivity index (χ3n) is 8.96. The number of aliphatic carboxylic acids is 1. The lowest BCUT2D eigenvalue weighted by molar-refractivity contribution is -0.164.